The van der Waals surface area contributed by atoms with Gasteiger partial charge < -0.3 is 10.1 Å². The zero-order valence-electron chi connectivity index (χ0n) is 15.6. The van der Waals surface area contributed by atoms with Crippen LogP contribution in [0, 0.1) is 6.92 Å². The molecule has 5 nitrogen and oxygen atoms in total. The lowest BCUT2D eigenvalue weighted by Crippen LogP contribution is -2.36. The Hall–Kier alpha value is -2.45. The Morgan fingerprint density at radius 3 is 2.46 bits per heavy atom. The van der Waals surface area contributed by atoms with E-state index in [2.05, 4.69) is 15.2 Å². The molecule has 3 rings (SSSR count). The summed E-state index contributed by atoms with van der Waals surface area (Å²) in [6.07, 6.45) is -4.53. The normalized spacial score (nSPS) is 15.4. The summed E-state index contributed by atoms with van der Waals surface area (Å²) < 4.78 is 43.6. The summed E-state index contributed by atoms with van der Waals surface area (Å²) >= 11 is 0. The fraction of sp³-hybridized carbons (Fsp3) is 0.400. The second-order valence-electron chi connectivity index (χ2n) is 6.67. The highest BCUT2D eigenvalue weighted by Crippen LogP contribution is 2.28. The number of benzene rings is 1. The van der Waals surface area contributed by atoms with Crippen molar-refractivity contribution in [1.82, 2.24) is 15.2 Å². The average Bonchev–Trinajstić information content (AvgIpc) is 2.67. The Morgan fingerprint density at radius 1 is 1.14 bits per heavy atom. The number of hydrogen-bond donors (Lipinski definition) is 1. The van der Waals surface area contributed by atoms with Gasteiger partial charge in [-0.2, -0.15) is 13.2 Å². The second-order valence-corrected chi connectivity index (χ2v) is 6.67. The summed E-state index contributed by atoms with van der Waals surface area (Å²) in [5.74, 6) is -0.445. The highest BCUT2D eigenvalue weighted by molar-refractivity contribution is 5.95. The number of alkyl halides is 3. The molecule has 0 spiro atoms. The second kappa shape index (κ2) is 8.70. The van der Waals surface area contributed by atoms with Gasteiger partial charge in [-0.3, -0.25) is 9.69 Å². The summed E-state index contributed by atoms with van der Waals surface area (Å²) in [4.78, 5) is 18.2. The number of nitrogens with one attached hydrogen (secondary N) is 1. The molecule has 1 aromatic carbocycles. The van der Waals surface area contributed by atoms with E-state index < -0.39 is 17.8 Å². The maximum atomic E-state index is 12.7. The van der Waals surface area contributed by atoms with Gasteiger partial charge in [-0.15, -0.1) is 0 Å². The maximum Gasteiger partial charge on any atom is 0.433 e. The van der Waals surface area contributed by atoms with Crippen LogP contribution < -0.4 is 5.32 Å². The molecule has 1 aromatic heterocycles. The first-order chi connectivity index (χ1) is 13.3. The molecule has 1 aliphatic heterocycles. The monoisotopic (exact) mass is 393 g/mol. The minimum atomic E-state index is -4.53. The van der Waals surface area contributed by atoms with Crippen molar-refractivity contribution in [2.45, 2.75) is 26.2 Å². The molecule has 0 atom stereocenters. The van der Waals surface area contributed by atoms with Gasteiger partial charge in [0.25, 0.3) is 5.91 Å². The SMILES string of the molecule is Cc1nc(C(F)(F)F)ccc1C(=O)NCc1ccccc1CN1CCOCC1. The third kappa shape index (κ3) is 5.08. The largest absolute Gasteiger partial charge is 0.433 e. The number of halogens is 3. The van der Waals surface area contributed by atoms with Gasteiger partial charge in [-0.25, -0.2) is 4.98 Å². The summed E-state index contributed by atoms with van der Waals surface area (Å²) in [5, 5.41) is 2.79. The van der Waals surface area contributed by atoms with Crippen LogP contribution in [0.1, 0.15) is 32.9 Å². The van der Waals surface area contributed by atoms with E-state index in [0.717, 1.165) is 36.8 Å². The average molecular weight is 393 g/mol. The van der Waals surface area contributed by atoms with Crippen molar-refractivity contribution in [3.05, 3.63) is 64.5 Å². The molecular formula is C20H22F3N3O2. The van der Waals surface area contributed by atoms with E-state index in [1.807, 2.05) is 24.3 Å². The maximum absolute atomic E-state index is 12.7. The molecule has 1 amide bonds. The molecule has 1 fully saturated rings. The number of hydrogen-bond acceptors (Lipinski definition) is 4. The van der Waals surface area contributed by atoms with E-state index in [4.69, 9.17) is 4.74 Å². The topological polar surface area (TPSA) is 54.5 Å². The van der Waals surface area contributed by atoms with Crippen LogP contribution in [0.3, 0.4) is 0 Å². The van der Waals surface area contributed by atoms with Gasteiger partial charge in [-0.1, -0.05) is 24.3 Å². The van der Waals surface area contributed by atoms with Gasteiger partial charge in [0.15, 0.2) is 0 Å². The highest BCUT2D eigenvalue weighted by Gasteiger charge is 2.33. The zero-order valence-corrected chi connectivity index (χ0v) is 15.6. The minimum Gasteiger partial charge on any atom is -0.379 e. The van der Waals surface area contributed by atoms with Crippen molar-refractivity contribution in [3.63, 3.8) is 0 Å². The number of nitrogens with zero attached hydrogens (tertiary/aromatic N) is 2. The summed E-state index contributed by atoms with van der Waals surface area (Å²) in [6, 6.07) is 9.80. The van der Waals surface area contributed by atoms with Crippen LogP contribution in [-0.4, -0.2) is 42.1 Å². The number of pyridine rings is 1. The molecule has 0 radical (unpaired) electrons. The van der Waals surface area contributed by atoms with E-state index >= 15 is 0 Å². The third-order valence-corrected chi connectivity index (χ3v) is 4.68. The Bertz CT molecular complexity index is 834. The van der Waals surface area contributed by atoms with Crippen molar-refractivity contribution in [2.75, 3.05) is 26.3 Å². The van der Waals surface area contributed by atoms with Crippen molar-refractivity contribution < 1.29 is 22.7 Å². The molecule has 2 aromatic rings. The number of aromatic nitrogens is 1. The van der Waals surface area contributed by atoms with Gasteiger partial charge in [0.2, 0.25) is 0 Å². The molecule has 1 aliphatic rings. The summed E-state index contributed by atoms with van der Waals surface area (Å²) in [6.45, 7) is 5.58. The quantitative estimate of drug-likeness (QED) is 0.848. The molecule has 0 bridgehead atoms. The molecule has 150 valence electrons. The van der Waals surface area contributed by atoms with Gasteiger partial charge in [-0.05, 0) is 30.2 Å². The van der Waals surface area contributed by atoms with E-state index in [1.165, 1.54) is 13.0 Å². The number of carbonyl (C=O) groups is 1. The number of ether oxygens (including phenoxy) is 1. The first-order valence-corrected chi connectivity index (χ1v) is 9.04. The van der Waals surface area contributed by atoms with Gasteiger partial charge in [0, 0.05) is 26.2 Å². The van der Waals surface area contributed by atoms with Crippen molar-refractivity contribution in [2.24, 2.45) is 0 Å². The smallest absolute Gasteiger partial charge is 0.379 e. The van der Waals surface area contributed by atoms with Crippen LogP contribution in [-0.2, 0) is 24.0 Å². The number of morpholine rings is 1. The van der Waals surface area contributed by atoms with Crippen LogP contribution in [0.25, 0.3) is 0 Å². The number of rotatable bonds is 5. The molecule has 0 unspecified atom stereocenters. The lowest BCUT2D eigenvalue weighted by molar-refractivity contribution is -0.141. The molecule has 0 aliphatic carbocycles. The Kier molecular flexibility index (Phi) is 6.31. The predicted molar refractivity (Wildman–Crippen MR) is 97.7 cm³/mol. The standard InChI is InChI=1S/C20H22F3N3O2/c1-14-17(6-7-18(25-14)20(21,22)23)19(27)24-12-15-4-2-3-5-16(15)13-26-8-10-28-11-9-26/h2-7H,8-13H2,1H3,(H,24,27). The summed E-state index contributed by atoms with van der Waals surface area (Å²) in [7, 11) is 0. The van der Waals surface area contributed by atoms with E-state index in [1.54, 1.807) is 0 Å². The first kappa shape index (κ1) is 20.3. The van der Waals surface area contributed by atoms with Crippen LogP contribution in [0.15, 0.2) is 36.4 Å². The summed E-state index contributed by atoms with van der Waals surface area (Å²) in [5.41, 5.74) is 1.26. The molecule has 8 heteroatoms. The van der Waals surface area contributed by atoms with Crippen molar-refractivity contribution in [3.8, 4) is 0 Å². The Balaban J connectivity index is 1.66. The molecule has 1 N–H and O–H groups in total. The fourth-order valence-electron chi connectivity index (χ4n) is 3.11. The first-order valence-electron chi connectivity index (χ1n) is 9.04. The molecule has 0 saturated carbocycles. The van der Waals surface area contributed by atoms with Crippen LogP contribution >= 0.6 is 0 Å². The molecule has 2 heterocycles. The van der Waals surface area contributed by atoms with E-state index in [-0.39, 0.29) is 11.3 Å². The highest BCUT2D eigenvalue weighted by atomic mass is 19.4. The number of amides is 1. The van der Waals surface area contributed by atoms with E-state index in [9.17, 15) is 18.0 Å². The van der Waals surface area contributed by atoms with Crippen molar-refractivity contribution in [1.29, 1.82) is 0 Å². The number of carbonyl (C=O) groups excluding carboxylic acids is 1. The predicted octanol–water partition coefficient (Wildman–Crippen LogP) is 3.17. The van der Waals surface area contributed by atoms with E-state index in [0.29, 0.717) is 19.8 Å². The van der Waals surface area contributed by atoms with Crippen LogP contribution in [0.5, 0.6) is 0 Å². The molecule has 28 heavy (non-hydrogen) atoms. The van der Waals surface area contributed by atoms with Crippen LogP contribution in [0.4, 0.5) is 13.2 Å². The van der Waals surface area contributed by atoms with Crippen molar-refractivity contribution >= 4 is 5.91 Å². The zero-order chi connectivity index (χ0) is 20.1. The molecular weight excluding hydrogens is 371 g/mol. The van der Waals surface area contributed by atoms with Gasteiger partial charge in [0.05, 0.1) is 24.5 Å². The Morgan fingerprint density at radius 2 is 1.82 bits per heavy atom. The van der Waals surface area contributed by atoms with Gasteiger partial charge in [0.1, 0.15) is 5.69 Å². The van der Waals surface area contributed by atoms with Crippen LogP contribution in [0.2, 0.25) is 0 Å². The minimum absolute atomic E-state index is 0.0499. The molecule has 1 saturated heterocycles. The lowest BCUT2D eigenvalue weighted by atomic mass is 10.1. The fourth-order valence-corrected chi connectivity index (χ4v) is 3.11. The van der Waals surface area contributed by atoms with Gasteiger partial charge >= 0.3 is 6.18 Å². The Labute approximate surface area is 161 Å². The third-order valence-electron chi connectivity index (χ3n) is 4.68. The number of aryl methyl sites for hydroxylation is 1. The lowest BCUT2D eigenvalue weighted by Gasteiger charge is -2.27.